The first-order valence-electron chi connectivity index (χ1n) is 8.94. The molecule has 25 heavy (non-hydrogen) atoms. The number of rotatable bonds is 5. The zero-order chi connectivity index (χ0) is 16.9. The Balaban J connectivity index is 1.34. The van der Waals surface area contributed by atoms with Crippen molar-refractivity contribution >= 4 is 0 Å². The summed E-state index contributed by atoms with van der Waals surface area (Å²) in [5.74, 6) is 1.73. The van der Waals surface area contributed by atoms with Gasteiger partial charge in [0.1, 0.15) is 12.2 Å². The number of likely N-dealkylation sites (tertiary alicyclic amines) is 1. The third kappa shape index (κ3) is 3.94. The molecule has 5 nitrogen and oxygen atoms in total. The Morgan fingerprint density at radius 2 is 1.72 bits per heavy atom. The van der Waals surface area contributed by atoms with E-state index in [0.717, 1.165) is 37.6 Å². The van der Waals surface area contributed by atoms with Crippen LogP contribution in [0.5, 0.6) is 0 Å². The second-order valence-electron chi connectivity index (χ2n) is 6.70. The molecule has 1 aromatic carbocycles. The highest BCUT2D eigenvalue weighted by Crippen LogP contribution is 2.23. The van der Waals surface area contributed by atoms with Gasteiger partial charge in [0.05, 0.1) is 5.69 Å². The minimum Gasteiger partial charge on any atom is -0.299 e. The largest absolute Gasteiger partial charge is 0.299 e. The van der Waals surface area contributed by atoms with E-state index in [4.69, 9.17) is 0 Å². The van der Waals surface area contributed by atoms with Crippen molar-refractivity contribution in [2.24, 2.45) is 5.92 Å². The molecule has 1 fully saturated rings. The number of hydrogen-bond acceptors (Lipinski definition) is 4. The Labute approximate surface area is 148 Å². The van der Waals surface area contributed by atoms with Crippen molar-refractivity contribution in [3.05, 3.63) is 72.6 Å². The number of nitrogens with zero attached hydrogens (tertiary/aromatic N) is 5. The molecule has 0 bridgehead atoms. The van der Waals surface area contributed by atoms with Crippen LogP contribution < -0.4 is 0 Å². The lowest BCUT2D eigenvalue weighted by atomic mass is 9.93. The van der Waals surface area contributed by atoms with E-state index in [1.807, 2.05) is 16.8 Å². The van der Waals surface area contributed by atoms with E-state index < -0.39 is 0 Å². The summed E-state index contributed by atoms with van der Waals surface area (Å²) in [6, 6.07) is 14.7. The number of piperidine rings is 1. The van der Waals surface area contributed by atoms with Gasteiger partial charge in [-0.2, -0.15) is 5.10 Å². The summed E-state index contributed by atoms with van der Waals surface area (Å²) in [4.78, 5) is 11.1. The fourth-order valence-electron chi connectivity index (χ4n) is 3.55. The van der Waals surface area contributed by atoms with E-state index in [9.17, 15) is 0 Å². The predicted molar refractivity (Wildman–Crippen MR) is 97.3 cm³/mol. The highest BCUT2D eigenvalue weighted by molar-refractivity contribution is 5.28. The summed E-state index contributed by atoms with van der Waals surface area (Å²) in [6.45, 7) is 3.37. The molecule has 0 saturated carbocycles. The topological polar surface area (TPSA) is 46.8 Å². The fourth-order valence-corrected chi connectivity index (χ4v) is 3.55. The zero-order valence-electron chi connectivity index (χ0n) is 14.3. The molecular formula is C20H23N5. The Bertz CT molecular complexity index is 776. The summed E-state index contributed by atoms with van der Waals surface area (Å²) in [7, 11) is 0. The Morgan fingerprint density at radius 3 is 2.48 bits per heavy atom. The minimum atomic E-state index is 0.678. The highest BCUT2D eigenvalue weighted by Gasteiger charge is 2.21. The third-order valence-electron chi connectivity index (χ3n) is 4.95. The van der Waals surface area contributed by atoms with Crippen LogP contribution >= 0.6 is 0 Å². The number of hydrogen-bond donors (Lipinski definition) is 0. The average Bonchev–Trinajstić information content (AvgIpc) is 3.13. The summed E-state index contributed by atoms with van der Waals surface area (Å²) < 4.78 is 1.94. The molecule has 1 aliphatic heterocycles. The number of pyridine rings is 1. The highest BCUT2D eigenvalue weighted by atomic mass is 15.3. The zero-order valence-corrected chi connectivity index (χ0v) is 14.3. The van der Waals surface area contributed by atoms with Crippen molar-refractivity contribution in [3.63, 3.8) is 0 Å². The van der Waals surface area contributed by atoms with Crippen LogP contribution in [0.2, 0.25) is 0 Å². The van der Waals surface area contributed by atoms with Gasteiger partial charge in [0.2, 0.25) is 0 Å². The third-order valence-corrected chi connectivity index (χ3v) is 4.95. The molecule has 0 amide bonds. The monoisotopic (exact) mass is 333 g/mol. The van der Waals surface area contributed by atoms with Crippen molar-refractivity contribution in [1.82, 2.24) is 24.6 Å². The molecule has 128 valence electrons. The van der Waals surface area contributed by atoms with Gasteiger partial charge < -0.3 is 0 Å². The maximum atomic E-state index is 4.49. The predicted octanol–water partition coefficient (Wildman–Crippen LogP) is 3.12. The van der Waals surface area contributed by atoms with E-state index >= 15 is 0 Å². The summed E-state index contributed by atoms with van der Waals surface area (Å²) >= 11 is 0. The first-order chi connectivity index (χ1) is 12.4. The Kier molecular flexibility index (Phi) is 4.84. The van der Waals surface area contributed by atoms with Gasteiger partial charge in [-0.3, -0.25) is 9.88 Å². The van der Waals surface area contributed by atoms with Gasteiger partial charge in [0.25, 0.3) is 0 Å². The van der Waals surface area contributed by atoms with E-state index in [2.05, 4.69) is 50.3 Å². The molecule has 0 aliphatic carbocycles. The van der Waals surface area contributed by atoms with Crippen LogP contribution in [0.1, 0.15) is 24.2 Å². The molecule has 0 unspecified atom stereocenters. The number of aromatic nitrogens is 4. The van der Waals surface area contributed by atoms with Crippen LogP contribution in [0.3, 0.4) is 0 Å². The lowest BCUT2D eigenvalue weighted by Gasteiger charge is -2.31. The van der Waals surface area contributed by atoms with Gasteiger partial charge in [-0.25, -0.2) is 9.67 Å². The SMILES string of the molecule is c1ccc(CN2CCC(Cc3ncnn3-c3ccncc3)CC2)cc1. The molecule has 3 heterocycles. The molecule has 5 heteroatoms. The molecule has 3 aromatic rings. The fraction of sp³-hybridized carbons (Fsp3) is 0.350. The van der Waals surface area contributed by atoms with Crippen LogP contribution in [-0.2, 0) is 13.0 Å². The Morgan fingerprint density at radius 1 is 0.960 bits per heavy atom. The summed E-state index contributed by atoms with van der Waals surface area (Å²) in [6.07, 6.45) is 8.67. The smallest absolute Gasteiger partial charge is 0.138 e. The maximum absolute atomic E-state index is 4.49. The first kappa shape index (κ1) is 16.0. The van der Waals surface area contributed by atoms with Crippen LogP contribution in [0.15, 0.2) is 61.2 Å². The molecule has 4 rings (SSSR count). The van der Waals surface area contributed by atoms with Gasteiger partial charge in [0, 0.05) is 25.4 Å². The van der Waals surface area contributed by atoms with Crippen molar-refractivity contribution < 1.29 is 0 Å². The molecule has 1 aliphatic rings. The summed E-state index contributed by atoms with van der Waals surface area (Å²) in [5, 5.41) is 4.39. The van der Waals surface area contributed by atoms with Crippen molar-refractivity contribution in [1.29, 1.82) is 0 Å². The summed E-state index contributed by atoms with van der Waals surface area (Å²) in [5.41, 5.74) is 2.43. The second kappa shape index (κ2) is 7.57. The van der Waals surface area contributed by atoms with E-state index in [1.165, 1.54) is 18.4 Å². The van der Waals surface area contributed by atoms with Crippen LogP contribution in [-0.4, -0.2) is 37.7 Å². The van der Waals surface area contributed by atoms with Crippen LogP contribution in [0, 0.1) is 5.92 Å². The van der Waals surface area contributed by atoms with Gasteiger partial charge in [-0.15, -0.1) is 0 Å². The molecular weight excluding hydrogens is 310 g/mol. The molecule has 0 spiro atoms. The number of benzene rings is 1. The molecule has 0 N–H and O–H groups in total. The second-order valence-corrected chi connectivity index (χ2v) is 6.70. The van der Waals surface area contributed by atoms with Gasteiger partial charge in [-0.05, 0) is 49.5 Å². The van der Waals surface area contributed by atoms with Gasteiger partial charge >= 0.3 is 0 Å². The van der Waals surface area contributed by atoms with Crippen molar-refractivity contribution in [2.45, 2.75) is 25.8 Å². The lowest BCUT2D eigenvalue weighted by molar-refractivity contribution is 0.175. The Hall–Kier alpha value is -2.53. The van der Waals surface area contributed by atoms with E-state index in [-0.39, 0.29) is 0 Å². The molecule has 0 radical (unpaired) electrons. The molecule has 2 aromatic heterocycles. The molecule has 1 saturated heterocycles. The standard InChI is InChI=1S/C20H23N5/c1-2-4-18(5-3-1)15-24-12-8-17(9-13-24)14-20-22-16-23-25(20)19-6-10-21-11-7-19/h1-7,10-11,16-17H,8-9,12-15H2. The van der Waals surface area contributed by atoms with Gasteiger partial charge in [0.15, 0.2) is 0 Å². The average molecular weight is 333 g/mol. The van der Waals surface area contributed by atoms with E-state index in [1.54, 1.807) is 18.7 Å². The van der Waals surface area contributed by atoms with Gasteiger partial charge in [-0.1, -0.05) is 30.3 Å². The normalized spacial score (nSPS) is 16.2. The van der Waals surface area contributed by atoms with Crippen LogP contribution in [0.25, 0.3) is 5.69 Å². The lowest BCUT2D eigenvalue weighted by Crippen LogP contribution is -2.34. The molecule has 0 atom stereocenters. The van der Waals surface area contributed by atoms with Crippen molar-refractivity contribution in [3.8, 4) is 5.69 Å². The maximum Gasteiger partial charge on any atom is 0.138 e. The van der Waals surface area contributed by atoms with Crippen LogP contribution in [0.4, 0.5) is 0 Å². The van der Waals surface area contributed by atoms with E-state index in [0.29, 0.717) is 5.92 Å². The first-order valence-corrected chi connectivity index (χ1v) is 8.94. The quantitative estimate of drug-likeness (QED) is 0.720. The minimum absolute atomic E-state index is 0.678. The van der Waals surface area contributed by atoms with Crippen molar-refractivity contribution in [2.75, 3.05) is 13.1 Å².